The van der Waals surface area contributed by atoms with Crippen molar-refractivity contribution in [3.8, 4) is 17.1 Å². The van der Waals surface area contributed by atoms with Crippen molar-refractivity contribution in [2.45, 2.75) is 32.2 Å². The summed E-state index contributed by atoms with van der Waals surface area (Å²) in [6, 6.07) is 7.55. The highest BCUT2D eigenvalue weighted by Gasteiger charge is 2.30. The Morgan fingerprint density at radius 1 is 1.36 bits per heavy atom. The van der Waals surface area contributed by atoms with Gasteiger partial charge in [-0.3, -0.25) is 9.69 Å². The highest BCUT2D eigenvalue weighted by atomic mass is 32.2. The molecule has 2 heterocycles. The molecule has 1 aliphatic heterocycles. The zero-order chi connectivity index (χ0) is 15.7. The normalized spacial score (nSPS) is 16.3. The van der Waals surface area contributed by atoms with Crippen molar-refractivity contribution < 1.29 is 9.53 Å². The minimum absolute atomic E-state index is 0.0936. The van der Waals surface area contributed by atoms with Crippen LogP contribution in [-0.2, 0) is 4.79 Å². The Bertz CT molecular complexity index is 722. The highest BCUT2D eigenvalue weighted by Crippen LogP contribution is 2.39. The molecule has 7 heteroatoms. The summed E-state index contributed by atoms with van der Waals surface area (Å²) < 4.78 is 5.88. The lowest BCUT2D eigenvalue weighted by Crippen LogP contribution is -2.40. The second-order valence-electron chi connectivity index (χ2n) is 4.80. The van der Waals surface area contributed by atoms with Gasteiger partial charge in [-0.05, 0) is 18.7 Å². The van der Waals surface area contributed by atoms with Crippen LogP contribution in [0, 0.1) is 0 Å². The fraction of sp³-hybridized carbons (Fsp3) is 0.333. The molecule has 0 aliphatic carbocycles. The zero-order valence-electron chi connectivity index (χ0n) is 12.6. The van der Waals surface area contributed by atoms with E-state index >= 15 is 0 Å². The van der Waals surface area contributed by atoms with Gasteiger partial charge in [0.15, 0.2) is 11.9 Å². The topological polar surface area (TPSA) is 68.2 Å². The molecule has 0 spiro atoms. The van der Waals surface area contributed by atoms with Gasteiger partial charge in [0, 0.05) is 12.5 Å². The van der Waals surface area contributed by atoms with Gasteiger partial charge in [0.25, 0.3) is 0 Å². The number of amides is 1. The fourth-order valence-electron chi connectivity index (χ4n) is 2.46. The van der Waals surface area contributed by atoms with Gasteiger partial charge in [0.2, 0.25) is 16.9 Å². The van der Waals surface area contributed by atoms with Crippen LogP contribution in [0.5, 0.6) is 5.88 Å². The molecule has 0 bridgehead atoms. The molecular formula is C15H16N4O2S. The average Bonchev–Trinajstić information content (AvgIpc) is 2.60. The van der Waals surface area contributed by atoms with Gasteiger partial charge in [-0.25, -0.2) is 0 Å². The summed E-state index contributed by atoms with van der Waals surface area (Å²) in [4.78, 5) is 18.1. The SMILES string of the molecule is CCSc1nnc2c(n1)O[C@H](C)N(C(C)=O)c1ccccc1-2. The highest BCUT2D eigenvalue weighted by molar-refractivity contribution is 7.99. The number of hydrogen-bond acceptors (Lipinski definition) is 6. The predicted octanol–water partition coefficient (Wildman–Crippen LogP) is 2.74. The standard InChI is InChI=1S/C15H16N4O2S/c1-4-22-15-16-14-13(17-18-15)11-7-5-6-8-12(11)19(9(2)20)10(3)21-14/h5-8,10H,4H2,1-3H3/t10-/m1/s1. The lowest BCUT2D eigenvalue weighted by molar-refractivity contribution is -0.118. The van der Waals surface area contributed by atoms with Crippen molar-refractivity contribution in [1.82, 2.24) is 15.2 Å². The molecule has 22 heavy (non-hydrogen) atoms. The lowest BCUT2D eigenvalue weighted by Gasteiger charge is -2.26. The third kappa shape index (κ3) is 2.52. The number of hydrogen-bond donors (Lipinski definition) is 0. The number of para-hydroxylation sites is 1. The molecule has 6 nitrogen and oxygen atoms in total. The van der Waals surface area contributed by atoms with Crippen LogP contribution in [0.1, 0.15) is 20.8 Å². The minimum atomic E-state index is -0.462. The Hall–Kier alpha value is -2.15. The van der Waals surface area contributed by atoms with Crippen LogP contribution in [0.25, 0.3) is 11.3 Å². The van der Waals surface area contributed by atoms with E-state index in [4.69, 9.17) is 4.74 Å². The smallest absolute Gasteiger partial charge is 0.247 e. The van der Waals surface area contributed by atoms with Crippen LogP contribution in [0.15, 0.2) is 29.4 Å². The van der Waals surface area contributed by atoms with Crippen LogP contribution >= 0.6 is 11.8 Å². The van der Waals surface area contributed by atoms with E-state index < -0.39 is 6.23 Å². The van der Waals surface area contributed by atoms with E-state index in [1.807, 2.05) is 38.1 Å². The van der Waals surface area contributed by atoms with Crippen molar-refractivity contribution in [3.63, 3.8) is 0 Å². The number of ether oxygens (including phenoxy) is 1. The maximum atomic E-state index is 12.0. The molecule has 0 saturated heterocycles. The third-order valence-corrected chi connectivity index (χ3v) is 4.03. The zero-order valence-corrected chi connectivity index (χ0v) is 13.4. The maximum Gasteiger partial charge on any atom is 0.247 e. The predicted molar refractivity (Wildman–Crippen MR) is 84.9 cm³/mol. The molecule has 1 amide bonds. The van der Waals surface area contributed by atoms with Crippen LogP contribution in [0.4, 0.5) is 5.69 Å². The third-order valence-electron chi connectivity index (χ3n) is 3.31. The van der Waals surface area contributed by atoms with Gasteiger partial charge in [-0.2, -0.15) is 4.98 Å². The first-order valence-electron chi connectivity index (χ1n) is 7.05. The molecule has 2 aromatic rings. The first kappa shape index (κ1) is 14.8. The van der Waals surface area contributed by atoms with Crippen molar-refractivity contribution >= 4 is 23.4 Å². The van der Waals surface area contributed by atoms with Crippen molar-refractivity contribution in [3.05, 3.63) is 24.3 Å². The minimum Gasteiger partial charge on any atom is -0.452 e. The number of thioether (sulfide) groups is 1. The van der Waals surface area contributed by atoms with Gasteiger partial charge < -0.3 is 4.74 Å². The number of fused-ring (bicyclic) bond motifs is 3. The quantitative estimate of drug-likeness (QED) is 0.794. The average molecular weight is 316 g/mol. The summed E-state index contributed by atoms with van der Waals surface area (Å²) in [6.45, 7) is 5.36. The molecule has 1 aliphatic rings. The van der Waals surface area contributed by atoms with Crippen LogP contribution in [0.3, 0.4) is 0 Å². The van der Waals surface area contributed by atoms with Crippen LogP contribution in [-0.4, -0.2) is 33.1 Å². The fourth-order valence-corrected chi connectivity index (χ4v) is 2.96. The molecule has 1 atom stereocenters. The monoisotopic (exact) mass is 316 g/mol. The number of anilines is 1. The van der Waals surface area contributed by atoms with Crippen molar-refractivity contribution in [2.75, 3.05) is 10.7 Å². The summed E-state index contributed by atoms with van der Waals surface area (Å²) in [5.74, 6) is 1.17. The lowest BCUT2D eigenvalue weighted by atomic mass is 10.1. The summed E-state index contributed by atoms with van der Waals surface area (Å²) in [5.41, 5.74) is 2.12. The maximum absolute atomic E-state index is 12.0. The summed E-state index contributed by atoms with van der Waals surface area (Å²) in [7, 11) is 0. The van der Waals surface area contributed by atoms with Gasteiger partial charge in [-0.15, -0.1) is 10.2 Å². The summed E-state index contributed by atoms with van der Waals surface area (Å²) in [5, 5.41) is 8.98. The first-order chi connectivity index (χ1) is 10.6. The Morgan fingerprint density at radius 2 is 2.14 bits per heavy atom. The molecule has 0 fully saturated rings. The van der Waals surface area contributed by atoms with E-state index in [9.17, 15) is 4.79 Å². The number of benzene rings is 1. The molecule has 1 aromatic carbocycles. The number of carbonyl (C=O) groups excluding carboxylic acids is 1. The Labute approximate surface area is 132 Å². The van der Waals surface area contributed by atoms with Crippen LogP contribution in [0.2, 0.25) is 0 Å². The number of carbonyl (C=O) groups is 1. The molecule has 3 rings (SSSR count). The molecule has 0 unspecified atom stereocenters. The van der Waals surface area contributed by atoms with E-state index in [0.29, 0.717) is 16.7 Å². The van der Waals surface area contributed by atoms with Gasteiger partial charge in [0.1, 0.15) is 0 Å². The van der Waals surface area contributed by atoms with Gasteiger partial charge in [-0.1, -0.05) is 36.9 Å². The Balaban J connectivity index is 2.19. The second-order valence-corrected chi connectivity index (χ2v) is 6.04. The van der Waals surface area contributed by atoms with E-state index in [0.717, 1.165) is 17.0 Å². The van der Waals surface area contributed by atoms with E-state index in [1.54, 1.807) is 4.90 Å². The first-order valence-corrected chi connectivity index (χ1v) is 8.03. The molecular weight excluding hydrogens is 300 g/mol. The van der Waals surface area contributed by atoms with Gasteiger partial charge in [0.05, 0.1) is 5.69 Å². The molecule has 0 radical (unpaired) electrons. The van der Waals surface area contributed by atoms with Crippen molar-refractivity contribution in [1.29, 1.82) is 0 Å². The number of rotatable bonds is 2. The number of aromatic nitrogens is 3. The van der Waals surface area contributed by atoms with E-state index in [1.165, 1.54) is 18.7 Å². The van der Waals surface area contributed by atoms with Crippen molar-refractivity contribution in [2.24, 2.45) is 0 Å². The second kappa shape index (κ2) is 5.92. The number of nitrogens with zero attached hydrogens (tertiary/aromatic N) is 4. The van der Waals surface area contributed by atoms with Crippen LogP contribution < -0.4 is 9.64 Å². The summed E-state index contributed by atoms with van der Waals surface area (Å²) >= 11 is 1.50. The van der Waals surface area contributed by atoms with E-state index in [-0.39, 0.29) is 5.91 Å². The Kier molecular flexibility index (Phi) is 3.98. The molecule has 114 valence electrons. The molecule has 1 aromatic heterocycles. The molecule has 0 N–H and O–H groups in total. The Morgan fingerprint density at radius 3 is 2.86 bits per heavy atom. The van der Waals surface area contributed by atoms with Gasteiger partial charge >= 0.3 is 0 Å². The largest absolute Gasteiger partial charge is 0.452 e. The molecule has 0 saturated carbocycles. The van der Waals surface area contributed by atoms with E-state index in [2.05, 4.69) is 15.2 Å². The summed E-state index contributed by atoms with van der Waals surface area (Å²) in [6.07, 6.45) is -0.462.